The van der Waals surface area contributed by atoms with Crippen LogP contribution in [0.3, 0.4) is 0 Å². The lowest BCUT2D eigenvalue weighted by atomic mass is 10.1. The monoisotopic (exact) mass is 377 g/mol. The van der Waals surface area contributed by atoms with Gasteiger partial charge < -0.3 is 14.7 Å². The summed E-state index contributed by atoms with van der Waals surface area (Å²) in [5, 5.41) is 6.82. The van der Waals surface area contributed by atoms with E-state index in [0.29, 0.717) is 5.69 Å². The Bertz CT molecular complexity index is 977. The lowest BCUT2D eigenvalue weighted by molar-refractivity contribution is -0.116. The summed E-state index contributed by atoms with van der Waals surface area (Å²) in [6.07, 6.45) is 0.811. The molecule has 1 aromatic heterocycles. The Hall–Kier alpha value is -3.41. The van der Waals surface area contributed by atoms with Crippen LogP contribution in [-0.4, -0.2) is 35.5 Å². The normalized spacial score (nSPS) is 10.5. The molecule has 0 aliphatic heterocycles. The van der Waals surface area contributed by atoms with Crippen molar-refractivity contribution >= 4 is 17.5 Å². The van der Waals surface area contributed by atoms with Crippen LogP contribution in [0.25, 0.3) is 11.3 Å². The van der Waals surface area contributed by atoms with Gasteiger partial charge in [-0.15, -0.1) is 0 Å². The first kappa shape index (κ1) is 19.4. The van der Waals surface area contributed by atoms with Crippen molar-refractivity contribution in [2.24, 2.45) is 0 Å². The molecular formula is C22H23N3O3. The highest BCUT2D eigenvalue weighted by atomic mass is 16.5. The smallest absolute Gasteiger partial charge is 0.292 e. The van der Waals surface area contributed by atoms with E-state index in [4.69, 9.17) is 4.52 Å². The van der Waals surface area contributed by atoms with E-state index in [9.17, 15) is 9.59 Å². The van der Waals surface area contributed by atoms with Crippen LogP contribution in [0.1, 0.15) is 28.6 Å². The van der Waals surface area contributed by atoms with Crippen LogP contribution in [0.4, 0.5) is 5.69 Å². The highest BCUT2D eigenvalue weighted by molar-refractivity contribution is 5.98. The molecule has 0 spiro atoms. The molecule has 1 N–H and O–H groups in total. The molecule has 0 atom stereocenters. The fourth-order valence-electron chi connectivity index (χ4n) is 2.85. The lowest BCUT2D eigenvalue weighted by Gasteiger charge is -2.16. The summed E-state index contributed by atoms with van der Waals surface area (Å²) in [4.78, 5) is 26.2. The molecule has 0 saturated carbocycles. The number of anilines is 1. The van der Waals surface area contributed by atoms with Crippen LogP contribution in [0.2, 0.25) is 0 Å². The number of para-hydroxylation sites is 1. The number of aromatic nitrogens is 1. The van der Waals surface area contributed by atoms with Crippen LogP contribution in [0.5, 0.6) is 0 Å². The van der Waals surface area contributed by atoms with Crippen molar-refractivity contribution in [3.8, 4) is 11.3 Å². The second-order valence-corrected chi connectivity index (χ2v) is 6.66. The summed E-state index contributed by atoms with van der Waals surface area (Å²) in [6, 6.07) is 17.0. The molecule has 3 rings (SSSR count). The average Bonchev–Trinajstić information content (AvgIpc) is 3.18. The predicted molar refractivity (Wildman–Crippen MR) is 108 cm³/mol. The molecule has 144 valence electrons. The van der Waals surface area contributed by atoms with Crippen molar-refractivity contribution in [3.05, 3.63) is 71.5 Å². The lowest BCUT2D eigenvalue weighted by Crippen LogP contribution is -2.34. The summed E-state index contributed by atoms with van der Waals surface area (Å²) in [7, 11) is 1.56. The minimum absolute atomic E-state index is 0.0859. The second-order valence-electron chi connectivity index (χ2n) is 6.66. The number of likely N-dealkylation sites (N-methyl/N-ethyl adjacent to an activating group) is 1. The van der Waals surface area contributed by atoms with E-state index in [1.54, 1.807) is 13.1 Å². The molecule has 0 saturated heterocycles. The molecule has 28 heavy (non-hydrogen) atoms. The average molecular weight is 377 g/mol. The molecule has 0 bridgehead atoms. The maximum absolute atomic E-state index is 12.6. The first-order valence-electron chi connectivity index (χ1n) is 9.15. The zero-order valence-electron chi connectivity index (χ0n) is 16.2. The van der Waals surface area contributed by atoms with Gasteiger partial charge in [-0.05, 0) is 25.0 Å². The van der Waals surface area contributed by atoms with Crippen molar-refractivity contribution in [1.82, 2.24) is 10.1 Å². The Balaban J connectivity index is 1.64. The SMILES string of the molecule is CCc1ccccc1NC(=O)CN(C)C(=O)c1cc(-c2ccc(C)cc2)no1. The Morgan fingerprint density at radius 2 is 1.82 bits per heavy atom. The zero-order valence-corrected chi connectivity index (χ0v) is 16.2. The Morgan fingerprint density at radius 3 is 2.54 bits per heavy atom. The van der Waals surface area contributed by atoms with Gasteiger partial charge in [-0.1, -0.05) is 60.1 Å². The summed E-state index contributed by atoms with van der Waals surface area (Å²) >= 11 is 0. The van der Waals surface area contributed by atoms with Gasteiger partial charge in [0.1, 0.15) is 5.69 Å². The number of nitrogens with zero attached hydrogens (tertiary/aromatic N) is 2. The van der Waals surface area contributed by atoms with Gasteiger partial charge in [0.25, 0.3) is 5.91 Å². The van der Waals surface area contributed by atoms with E-state index in [2.05, 4.69) is 10.5 Å². The Kier molecular flexibility index (Phi) is 5.89. The van der Waals surface area contributed by atoms with Gasteiger partial charge in [-0.3, -0.25) is 9.59 Å². The van der Waals surface area contributed by atoms with Crippen molar-refractivity contribution in [1.29, 1.82) is 0 Å². The van der Waals surface area contributed by atoms with Crippen LogP contribution in [-0.2, 0) is 11.2 Å². The number of hydrogen-bond acceptors (Lipinski definition) is 4. The number of carbonyl (C=O) groups is 2. The molecule has 2 amide bonds. The van der Waals surface area contributed by atoms with E-state index < -0.39 is 5.91 Å². The summed E-state index contributed by atoms with van der Waals surface area (Å²) in [5.74, 6) is -0.570. The van der Waals surface area contributed by atoms with E-state index in [-0.39, 0.29) is 18.2 Å². The fraction of sp³-hybridized carbons (Fsp3) is 0.227. The molecule has 0 fully saturated rings. The molecule has 0 unspecified atom stereocenters. The first-order valence-corrected chi connectivity index (χ1v) is 9.15. The quantitative estimate of drug-likeness (QED) is 0.706. The van der Waals surface area contributed by atoms with Crippen LogP contribution < -0.4 is 5.32 Å². The predicted octanol–water partition coefficient (Wildman–Crippen LogP) is 3.92. The number of benzene rings is 2. The van der Waals surface area contributed by atoms with Gasteiger partial charge in [0.2, 0.25) is 11.7 Å². The number of nitrogens with one attached hydrogen (secondary N) is 1. The van der Waals surface area contributed by atoms with E-state index in [1.807, 2.05) is 62.4 Å². The van der Waals surface area contributed by atoms with Crippen LogP contribution >= 0.6 is 0 Å². The highest BCUT2D eigenvalue weighted by Gasteiger charge is 2.20. The molecule has 0 radical (unpaired) electrons. The molecule has 0 aliphatic rings. The number of hydrogen-bond donors (Lipinski definition) is 1. The standard InChI is InChI=1S/C22H23N3O3/c1-4-16-7-5-6-8-18(16)23-21(26)14-25(3)22(27)20-13-19(24-28-20)17-11-9-15(2)10-12-17/h5-13H,4,14H2,1-3H3,(H,23,26). The first-order chi connectivity index (χ1) is 13.5. The van der Waals surface area contributed by atoms with Crippen molar-refractivity contribution in [3.63, 3.8) is 0 Å². The van der Waals surface area contributed by atoms with E-state index in [0.717, 1.165) is 28.8 Å². The van der Waals surface area contributed by atoms with E-state index in [1.165, 1.54) is 4.90 Å². The molecule has 1 heterocycles. The Labute approximate surface area is 164 Å². The van der Waals surface area contributed by atoms with Gasteiger partial charge in [-0.2, -0.15) is 0 Å². The van der Waals surface area contributed by atoms with Crippen molar-refractivity contribution < 1.29 is 14.1 Å². The maximum Gasteiger partial charge on any atom is 0.292 e. The molecule has 3 aromatic rings. The minimum atomic E-state index is -0.398. The van der Waals surface area contributed by atoms with Gasteiger partial charge in [0.15, 0.2) is 0 Å². The largest absolute Gasteiger partial charge is 0.350 e. The fourth-order valence-corrected chi connectivity index (χ4v) is 2.85. The van der Waals surface area contributed by atoms with Crippen LogP contribution in [0.15, 0.2) is 59.1 Å². The van der Waals surface area contributed by atoms with E-state index >= 15 is 0 Å². The topological polar surface area (TPSA) is 75.4 Å². The molecule has 2 aromatic carbocycles. The summed E-state index contributed by atoms with van der Waals surface area (Å²) in [6.45, 7) is 3.94. The Morgan fingerprint density at radius 1 is 1.11 bits per heavy atom. The number of amides is 2. The third-order valence-corrected chi connectivity index (χ3v) is 4.47. The van der Waals surface area contributed by atoms with Gasteiger partial charge in [-0.25, -0.2) is 0 Å². The van der Waals surface area contributed by atoms with Gasteiger partial charge in [0.05, 0.1) is 6.54 Å². The third kappa shape index (κ3) is 4.46. The molecule has 0 aliphatic carbocycles. The van der Waals surface area contributed by atoms with Crippen molar-refractivity contribution in [2.45, 2.75) is 20.3 Å². The molecular weight excluding hydrogens is 354 g/mol. The second kappa shape index (κ2) is 8.52. The highest BCUT2D eigenvalue weighted by Crippen LogP contribution is 2.20. The minimum Gasteiger partial charge on any atom is -0.350 e. The third-order valence-electron chi connectivity index (χ3n) is 4.47. The number of carbonyl (C=O) groups excluding carboxylic acids is 2. The van der Waals surface area contributed by atoms with Crippen LogP contribution in [0, 0.1) is 6.92 Å². The molecule has 6 nitrogen and oxygen atoms in total. The van der Waals surface area contributed by atoms with Gasteiger partial charge >= 0.3 is 0 Å². The zero-order chi connectivity index (χ0) is 20.1. The molecule has 6 heteroatoms. The van der Waals surface area contributed by atoms with Crippen molar-refractivity contribution in [2.75, 3.05) is 18.9 Å². The maximum atomic E-state index is 12.6. The summed E-state index contributed by atoms with van der Waals surface area (Å²) in [5.41, 5.74) is 4.39. The van der Waals surface area contributed by atoms with Gasteiger partial charge in [0, 0.05) is 24.4 Å². The number of rotatable bonds is 6. The number of aryl methyl sites for hydroxylation is 2. The summed E-state index contributed by atoms with van der Waals surface area (Å²) < 4.78 is 5.20.